The van der Waals surface area contributed by atoms with Gasteiger partial charge >= 0.3 is 12.1 Å². The van der Waals surface area contributed by atoms with Crippen molar-refractivity contribution in [3.8, 4) is 0 Å². The summed E-state index contributed by atoms with van der Waals surface area (Å²) in [5.41, 5.74) is 0.817. The third-order valence-corrected chi connectivity index (χ3v) is 4.28. The first-order valence-corrected chi connectivity index (χ1v) is 10.6. The van der Waals surface area contributed by atoms with Crippen LogP contribution in [0.4, 0.5) is 4.79 Å². The number of amides is 1. The van der Waals surface area contributed by atoms with Gasteiger partial charge in [-0.15, -0.1) is 0 Å². The van der Waals surface area contributed by atoms with Gasteiger partial charge in [0, 0.05) is 0 Å². The molecule has 1 aromatic rings. The summed E-state index contributed by atoms with van der Waals surface area (Å²) in [5, 5.41) is 2.94. The maximum Gasteiger partial charge on any atom is 0.408 e. The summed E-state index contributed by atoms with van der Waals surface area (Å²) >= 11 is 0. The third-order valence-electron chi connectivity index (χ3n) is 4.28. The van der Waals surface area contributed by atoms with Gasteiger partial charge in [0.25, 0.3) is 0 Å². The van der Waals surface area contributed by atoms with Crippen LogP contribution in [-0.2, 0) is 20.7 Å². The SMILES string of the molecule is C/C(=C\[C@@H](Cc1ccccc1)NC(=O)OC(C)(C)C)[C@H](C(=O)OC(C)(C)C)C(C)C. The van der Waals surface area contributed by atoms with E-state index in [0.717, 1.165) is 11.1 Å². The molecule has 2 atom stereocenters. The monoisotopic (exact) mass is 417 g/mol. The van der Waals surface area contributed by atoms with Crippen molar-refractivity contribution >= 4 is 12.1 Å². The quantitative estimate of drug-likeness (QED) is 0.458. The fourth-order valence-corrected chi connectivity index (χ4v) is 3.25. The van der Waals surface area contributed by atoms with Gasteiger partial charge in [-0.25, -0.2) is 4.79 Å². The van der Waals surface area contributed by atoms with Gasteiger partial charge in [0.15, 0.2) is 0 Å². The smallest absolute Gasteiger partial charge is 0.408 e. The molecule has 0 fully saturated rings. The maximum atomic E-state index is 12.8. The minimum absolute atomic E-state index is 0.0648. The van der Waals surface area contributed by atoms with Gasteiger partial charge in [-0.1, -0.05) is 55.8 Å². The van der Waals surface area contributed by atoms with Gasteiger partial charge in [0.2, 0.25) is 0 Å². The summed E-state index contributed by atoms with van der Waals surface area (Å²) in [6, 6.07) is 9.60. The third kappa shape index (κ3) is 9.95. The van der Waals surface area contributed by atoms with Crippen LogP contribution in [0.25, 0.3) is 0 Å². The lowest BCUT2D eigenvalue weighted by Crippen LogP contribution is -2.40. The molecule has 168 valence electrons. The molecule has 1 N–H and O–H groups in total. The minimum atomic E-state index is -0.586. The van der Waals surface area contributed by atoms with Crippen molar-refractivity contribution < 1.29 is 19.1 Å². The number of hydrogen-bond acceptors (Lipinski definition) is 4. The van der Waals surface area contributed by atoms with E-state index in [-0.39, 0.29) is 23.8 Å². The number of hydrogen-bond donors (Lipinski definition) is 1. The first kappa shape index (κ1) is 25.7. The predicted molar refractivity (Wildman–Crippen MR) is 121 cm³/mol. The normalized spacial score (nSPS) is 14.8. The van der Waals surface area contributed by atoms with Crippen molar-refractivity contribution in [1.29, 1.82) is 0 Å². The highest BCUT2D eigenvalue weighted by atomic mass is 16.6. The molecular formula is C25H39NO4. The minimum Gasteiger partial charge on any atom is -0.460 e. The zero-order valence-electron chi connectivity index (χ0n) is 20.0. The first-order valence-electron chi connectivity index (χ1n) is 10.6. The van der Waals surface area contributed by atoms with Crippen molar-refractivity contribution in [2.24, 2.45) is 11.8 Å². The summed E-state index contributed by atoms with van der Waals surface area (Å²) in [6.07, 6.45) is 2.06. The van der Waals surface area contributed by atoms with Crippen LogP contribution in [0.2, 0.25) is 0 Å². The molecule has 0 heterocycles. The molecule has 0 radical (unpaired) electrons. The summed E-state index contributed by atoms with van der Waals surface area (Å²) in [5.74, 6) is -0.570. The van der Waals surface area contributed by atoms with E-state index >= 15 is 0 Å². The second-order valence-corrected chi connectivity index (χ2v) is 10.1. The Morgan fingerprint density at radius 2 is 1.50 bits per heavy atom. The Labute approximate surface area is 182 Å². The number of carbonyl (C=O) groups is 2. The molecule has 0 unspecified atom stereocenters. The van der Waals surface area contributed by atoms with E-state index in [0.29, 0.717) is 6.42 Å². The van der Waals surface area contributed by atoms with E-state index < -0.39 is 17.3 Å². The molecule has 0 aliphatic rings. The average molecular weight is 418 g/mol. The molecule has 0 bridgehead atoms. The number of nitrogens with one attached hydrogen (secondary N) is 1. The van der Waals surface area contributed by atoms with E-state index in [9.17, 15) is 9.59 Å². The Bertz CT molecular complexity index is 724. The molecule has 0 aliphatic heterocycles. The Morgan fingerprint density at radius 3 is 1.97 bits per heavy atom. The number of ether oxygens (including phenoxy) is 2. The zero-order chi connectivity index (χ0) is 23.1. The van der Waals surface area contributed by atoms with E-state index in [4.69, 9.17) is 9.47 Å². The molecule has 0 aliphatic carbocycles. The van der Waals surface area contributed by atoms with Gasteiger partial charge in [0.1, 0.15) is 11.2 Å². The lowest BCUT2D eigenvalue weighted by Gasteiger charge is -2.27. The molecular weight excluding hydrogens is 378 g/mol. The summed E-state index contributed by atoms with van der Waals surface area (Å²) in [7, 11) is 0. The van der Waals surface area contributed by atoms with Gasteiger partial charge in [-0.05, 0) is 66.4 Å². The van der Waals surface area contributed by atoms with E-state index in [1.54, 1.807) is 0 Å². The summed E-state index contributed by atoms with van der Waals surface area (Å²) in [6.45, 7) is 17.0. The highest BCUT2D eigenvalue weighted by Gasteiger charge is 2.30. The van der Waals surface area contributed by atoms with Crippen LogP contribution < -0.4 is 5.32 Å². The summed E-state index contributed by atoms with van der Waals surface area (Å²) < 4.78 is 11.1. The zero-order valence-corrected chi connectivity index (χ0v) is 20.0. The van der Waals surface area contributed by atoms with Crippen LogP contribution in [0.1, 0.15) is 67.9 Å². The van der Waals surface area contributed by atoms with E-state index in [1.807, 2.05) is 98.7 Å². The van der Waals surface area contributed by atoms with Crippen LogP contribution in [0, 0.1) is 11.8 Å². The topological polar surface area (TPSA) is 64.6 Å². The molecule has 5 heteroatoms. The van der Waals surface area contributed by atoms with Crippen molar-refractivity contribution in [2.45, 2.75) is 86.0 Å². The fourth-order valence-electron chi connectivity index (χ4n) is 3.25. The van der Waals surface area contributed by atoms with Crippen LogP contribution in [-0.4, -0.2) is 29.3 Å². The molecule has 0 aromatic heterocycles. The Kier molecular flexibility index (Phi) is 9.13. The van der Waals surface area contributed by atoms with Gasteiger partial charge < -0.3 is 14.8 Å². The number of carbonyl (C=O) groups excluding carboxylic acids is 2. The Hall–Kier alpha value is -2.30. The molecule has 0 saturated carbocycles. The molecule has 1 amide bonds. The number of alkyl carbamates (subject to hydrolysis) is 1. The number of benzene rings is 1. The average Bonchev–Trinajstić information content (AvgIpc) is 2.51. The Morgan fingerprint density at radius 1 is 0.967 bits per heavy atom. The second-order valence-electron chi connectivity index (χ2n) is 10.1. The molecule has 5 nitrogen and oxygen atoms in total. The van der Waals surface area contributed by atoms with Crippen molar-refractivity contribution in [2.75, 3.05) is 0 Å². The van der Waals surface area contributed by atoms with Crippen LogP contribution >= 0.6 is 0 Å². The van der Waals surface area contributed by atoms with Crippen LogP contribution in [0.15, 0.2) is 42.0 Å². The Balaban J connectivity index is 3.14. The summed E-state index contributed by atoms with van der Waals surface area (Å²) in [4.78, 5) is 25.2. The number of rotatable bonds is 7. The fraction of sp³-hybridized carbons (Fsp3) is 0.600. The first-order chi connectivity index (χ1) is 13.7. The van der Waals surface area contributed by atoms with Crippen molar-refractivity contribution in [3.63, 3.8) is 0 Å². The largest absolute Gasteiger partial charge is 0.460 e. The van der Waals surface area contributed by atoms with Gasteiger partial charge in [-0.3, -0.25) is 4.79 Å². The van der Waals surface area contributed by atoms with Gasteiger partial charge in [-0.2, -0.15) is 0 Å². The van der Waals surface area contributed by atoms with Crippen molar-refractivity contribution in [3.05, 3.63) is 47.5 Å². The highest BCUT2D eigenvalue weighted by Crippen LogP contribution is 2.25. The predicted octanol–water partition coefficient (Wildman–Crippen LogP) is 5.68. The lowest BCUT2D eigenvalue weighted by molar-refractivity contribution is -0.159. The molecule has 0 saturated heterocycles. The maximum absolute atomic E-state index is 12.8. The standard InChI is InChI=1S/C25H39NO4/c1-17(2)21(22(27)29-24(4,5)6)18(3)15-20(16-19-13-11-10-12-14-19)26-23(28)30-25(7,8)9/h10-15,17,20-21H,16H2,1-9H3,(H,26,28)/b18-15+/t20-,21+/m0/s1. The molecule has 0 spiro atoms. The van der Waals surface area contributed by atoms with Gasteiger partial charge in [0.05, 0.1) is 12.0 Å². The number of esters is 1. The highest BCUT2D eigenvalue weighted by molar-refractivity contribution is 5.76. The lowest BCUT2D eigenvalue weighted by atomic mass is 9.87. The second kappa shape index (κ2) is 10.6. The van der Waals surface area contributed by atoms with E-state index in [1.165, 1.54) is 0 Å². The molecule has 1 aromatic carbocycles. The molecule has 30 heavy (non-hydrogen) atoms. The molecule has 1 rings (SSSR count). The van der Waals surface area contributed by atoms with E-state index in [2.05, 4.69) is 5.32 Å². The van der Waals surface area contributed by atoms with Crippen LogP contribution in [0.5, 0.6) is 0 Å². The van der Waals surface area contributed by atoms with Crippen LogP contribution in [0.3, 0.4) is 0 Å². The van der Waals surface area contributed by atoms with Crippen molar-refractivity contribution in [1.82, 2.24) is 5.32 Å².